The molecule has 0 saturated heterocycles. The highest BCUT2D eigenvalue weighted by molar-refractivity contribution is 5.76. The molecule has 0 unspecified atom stereocenters. The van der Waals surface area contributed by atoms with E-state index in [4.69, 9.17) is 5.11 Å². The summed E-state index contributed by atoms with van der Waals surface area (Å²) in [6.07, 6.45) is -0.136. The summed E-state index contributed by atoms with van der Waals surface area (Å²) in [5, 5.41) is 13.1. The molecule has 0 aliphatic carbocycles. The van der Waals surface area contributed by atoms with E-state index in [9.17, 15) is 9.18 Å². The van der Waals surface area contributed by atoms with Gasteiger partial charge in [0.1, 0.15) is 5.82 Å². The van der Waals surface area contributed by atoms with Crippen LogP contribution in [-0.4, -0.2) is 20.9 Å². The van der Waals surface area contributed by atoms with Crippen molar-refractivity contribution < 1.29 is 14.3 Å². The summed E-state index contributed by atoms with van der Waals surface area (Å²) in [5.74, 6) is -1.28. The maximum absolute atomic E-state index is 13.2. The molecule has 5 heteroatoms. The summed E-state index contributed by atoms with van der Waals surface area (Å²) < 4.78 is 14.8. The Morgan fingerprint density at radius 1 is 1.50 bits per heavy atom. The van der Waals surface area contributed by atoms with Crippen LogP contribution in [0.25, 0.3) is 11.1 Å². The Morgan fingerprint density at radius 3 is 2.83 bits per heavy atom. The van der Waals surface area contributed by atoms with Gasteiger partial charge in [-0.05, 0) is 24.6 Å². The van der Waals surface area contributed by atoms with E-state index in [1.54, 1.807) is 26.1 Å². The fraction of sp³-hybridized carbons (Fsp3) is 0.231. The molecule has 0 aliphatic rings. The minimum absolute atomic E-state index is 0.136. The molecular formula is C13H13FN2O2. The number of benzene rings is 1. The molecule has 0 atom stereocenters. The predicted octanol–water partition coefficient (Wildman–Crippen LogP) is 2.16. The quantitative estimate of drug-likeness (QED) is 0.905. The van der Waals surface area contributed by atoms with Crippen LogP contribution < -0.4 is 0 Å². The summed E-state index contributed by atoms with van der Waals surface area (Å²) in [7, 11) is 1.69. The molecule has 4 nitrogen and oxygen atoms in total. The predicted molar refractivity (Wildman–Crippen MR) is 64.7 cm³/mol. The van der Waals surface area contributed by atoms with Crippen LogP contribution in [0, 0.1) is 12.7 Å². The number of halogens is 1. The molecule has 18 heavy (non-hydrogen) atoms. The lowest BCUT2D eigenvalue weighted by atomic mass is 10.0. The molecule has 94 valence electrons. The minimum atomic E-state index is -0.935. The van der Waals surface area contributed by atoms with Gasteiger partial charge >= 0.3 is 5.97 Å². The highest BCUT2D eigenvalue weighted by Gasteiger charge is 2.17. The number of aromatic nitrogens is 2. The highest BCUT2D eigenvalue weighted by Crippen LogP contribution is 2.27. The van der Waals surface area contributed by atoms with E-state index >= 15 is 0 Å². The van der Waals surface area contributed by atoms with Crippen LogP contribution in [-0.2, 0) is 18.3 Å². The molecule has 0 fully saturated rings. The zero-order valence-electron chi connectivity index (χ0n) is 10.1. The molecule has 0 saturated carbocycles. The molecule has 1 heterocycles. The third kappa shape index (κ3) is 2.25. The van der Waals surface area contributed by atoms with Crippen LogP contribution in [0.4, 0.5) is 4.39 Å². The molecule has 2 rings (SSSR count). The lowest BCUT2D eigenvalue weighted by Crippen LogP contribution is -2.07. The first kappa shape index (κ1) is 12.3. The molecule has 2 aromatic rings. The van der Waals surface area contributed by atoms with Gasteiger partial charge < -0.3 is 5.11 Å². The molecule has 0 amide bonds. The van der Waals surface area contributed by atoms with Crippen molar-refractivity contribution in [2.45, 2.75) is 13.3 Å². The van der Waals surface area contributed by atoms with Gasteiger partial charge in [-0.3, -0.25) is 9.48 Å². The smallest absolute Gasteiger partial charge is 0.309 e. The summed E-state index contributed by atoms with van der Waals surface area (Å²) in [4.78, 5) is 10.9. The van der Waals surface area contributed by atoms with Gasteiger partial charge in [0, 0.05) is 12.6 Å². The van der Waals surface area contributed by atoms with E-state index in [0.29, 0.717) is 22.5 Å². The number of aryl methyl sites for hydroxylation is 2. The summed E-state index contributed by atoms with van der Waals surface area (Å²) in [6, 6.07) is 6.08. The average Bonchev–Trinajstić information content (AvgIpc) is 2.53. The molecule has 1 N–H and O–H groups in total. The van der Waals surface area contributed by atoms with Crippen LogP contribution in [0.5, 0.6) is 0 Å². The van der Waals surface area contributed by atoms with Gasteiger partial charge in [-0.1, -0.05) is 12.1 Å². The van der Waals surface area contributed by atoms with Crippen molar-refractivity contribution in [3.63, 3.8) is 0 Å². The number of nitrogens with zero attached hydrogens (tertiary/aromatic N) is 2. The van der Waals surface area contributed by atoms with Gasteiger partial charge in [-0.25, -0.2) is 4.39 Å². The number of aliphatic carboxylic acids is 1. The number of carboxylic acids is 1. The fourth-order valence-electron chi connectivity index (χ4n) is 2.07. The average molecular weight is 248 g/mol. The minimum Gasteiger partial charge on any atom is -0.481 e. The summed E-state index contributed by atoms with van der Waals surface area (Å²) >= 11 is 0. The zero-order valence-corrected chi connectivity index (χ0v) is 10.1. The van der Waals surface area contributed by atoms with Gasteiger partial charge in [0.2, 0.25) is 0 Å². The molecule has 0 aliphatic heterocycles. The number of hydrogen-bond donors (Lipinski definition) is 1. The largest absolute Gasteiger partial charge is 0.481 e. The number of rotatable bonds is 3. The Kier molecular flexibility index (Phi) is 3.14. The molecular weight excluding hydrogens is 235 g/mol. The van der Waals surface area contributed by atoms with Gasteiger partial charge in [0.05, 0.1) is 17.8 Å². The second kappa shape index (κ2) is 4.60. The maximum Gasteiger partial charge on any atom is 0.309 e. The first-order chi connectivity index (χ1) is 8.49. The summed E-state index contributed by atoms with van der Waals surface area (Å²) in [5.41, 5.74) is 2.61. The Hall–Kier alpha value is -2.17. The Labute approximate surface area is 104 Å². The SMILES string of the molecule is Cc1nn(C)c(CC(=O)O)c1-c1cccc(F)c1. The van der Waals surface area contributed by atoms with Crippen LogP contribution in [0.3, 0.4) is 0 Å². The zero-order chi connectivity index (χ0) is 13.3. The van der Waals surface area contributed by atoms with Crippen LogP contribution in [0.1, 0.15) is 11.4 Å². The first-order valence-electron chi connectivity index (χ1n) is 5.49. The standard InChI is InChI=1S/C13H13FN2O2/c1-8-13(9-4-3-5-10(14)6-9)11(7-12(17)18)16(2)15-8/h3-6H,7H2,1-2H3,(H,17,18). The van der Waals surface area contributed by atoms with Gasteiger partial charge in [0.15, 0.2) is 0 Å². The van der Waals surface area contributed by atoms with Crippen molar-refractivity contribution in [3.05, 3.63) is 41.5 Å². The van der Waals surface area contributed by atoms with Crippen LogP contribution >= 0.6 is 0 Å². The van der Waals surface area contributed by atoms with E-state index in [0.717, 1.165) is 0 Å². The lowest BCUT2D eigenvalue weighted by Gasteiger charge is -2.05. The number of hydrogen-bond acceptors (Lipinski definition) is 2. The van der Waals surface area contributed by atoms with Crippen molar-refractivity contribution in [3.8, 4) is 11.1 Å². The second-order valence-electron chi connectivity index (χ2n) is 4.11. The first-order valence-corrected chi connectivity index (χ1v) is 5.49. The molecule has 0 bridgehead atoms. The van der Waals surface area contributed by atoms with E-state index < -0.39 is 5.97 Å². The van der Waals surface area contributed by atoms with Crippen molar-refractivity contribution in [2.75, 3.05) is 0 Å². The molecule has 1 aromatic heterocycles. The van der Waals surface area contributed by atoms with E-state index in [2.05, 4.69) is 5.10 Å². The lowest BCUT2D eigenvalue weighted by molar-refractivity contribution is -0.136. The number of carbonyl (C=O) groups is 1. The van der Waals surface area contributed by atoms with Crippen molar-refractivity contribution >= 4 is 5.97 Å². The molecule has 1 aromatic carbocycles. The van der Waals surface area contributed by atoms with Crippen LogP contribution in [0.2, 0.25) is 0 Å². The Bertz CT molecular complexity index is 605. The molecule has 0 spiro atoms. The normalized spacial score (nSPS) is 10.6. The van der Waals surface area contributed by atoms with Gasteiger partial charge in [-0.15, -0.1) is 0 Å². The fourth-order valence-corrected chi connectivity index (χ4v) is 2.07. The van der Waals surface area contributed by atoms with Gasteiger partial charge in [0.25, 0.3) is 0 Å². The summed E-state index contributed by atoms with van der Waals surface area (Å²) in [6.45, 7) is 1.78. The molecule has 0 radical (unpaired) electrons. The highest BCUT2D eigenvalue weighted by atomic mass is 19.1. The van der Waals surface area contributed by atoms with Crippen molar-refractivity contribution in [1.29, 1.82) is 0 Å². The van der Waals surface area contributed by atoms with E-state index in [1.807, 2.05) is 0 Å². The topological polar surface area (TPSA) is 55.1 Å². The van der Waals surface area contributed by atoms with E-state index in [-0.39, 0.29) is 12.2 Å². The Balaban J connectivity index is 2.59. The van der Waals surface area contributed by atoms with Gasteiger partial charge in [-0.2, -0.15) is 5.10 Å². The van der Waals surface area contributed by atoms with Crippen molar-refractivity contribution in [2.24, 2.45) is 7.05 Å². The Morgan fingerprint density at radius 2 is 2.22 bits per heavy atom. The van der Waals surface area contributed by atoms with Crippen LogP contribution in [0.15, 0.2) is 24.3 Å². The third-order valence-electron chi connectivity index (χ3n) is 2.77. The maximum atomic E-state index is 13.2. The number of carboxylic acid groups (broad SMARTS) is 1. The van der Waals surface area contributed by atoms with E-state index in [1.165, 1.54) is 16.8 Å². The second-order valence-corrected chi connectivity index (χ2v) is 4.11. The van der Waals surface area contributed by atoms with Crippen molar-refractivity contribution in [1.82, 2.24) is 9.78 Å². The monoisotopic (exact) mass is 248 g/mol. The third-order valence-corrected chi connectivity index (χ3v) is 2.77.